The molecular formula is C16H28FIN4O2S. The molecule has 6 nitrogen and oxygen atoms in total. The number of nitrogens with zero attached hydrogens (tertiary/aromatic N) is 1. The van der Waals surface area contributed by atoms with E-state index in [1.807, 2.05) is 19.9 Å². The van der Waals surface area contributed by atoms with Crippen molar-refractivity contribution >= 4 is 40.0 Å². The highest BCUT2D eigenvalue weighted by atomic mass is 127. The first-order valence-corrected chi connectivity index (χ1v) is 9.68. The molecule has 0 atom stereocenters. The number of sulfonamides is 1. The Morgan fingerprint density at radius 2 is 1.92 bits per heavy atom. The number of nitrogens with one attached hydrogen (secondary N) is 3. The molecule has 0 aliphatic rings. The summed E-state index contributed by atoms with van der Waals surface area (Å²) in [6, 6.07) is 6.57. The minimum absolute atomic E-state index is 0. The first-order chi connectivity index (χ1) is 11.1. The zero-order chi connectivity index (χ0) is 18.2. The fourth-order valence-corrected chi connectivity index (χ4v) is 2.60. The zero-order valence-electron chi connectivity index (χ0n) is 15.1. The predicted octanol–water partition coefficient (Wildman–Crippen LogP) is 1.83. The van der Waals surface area contributed by atoms with Gasteiger partial charge in [0.05, 0.1) is 6.26 Å². The van der Waals surface area contributed by atoms with Gasteiger partial charge in [0.1, 0.15) is 5.82 Å². The average Bonchev–Trinajstić information content (AvgIpc) is 2.49. The number of rotatable bonds is 8. The molecule has 144 valence electrons. The molecule has 3 N–H and O–H groups in total. The largest absolute Gasteiger partial charge is 0.356 e. The monoisotopic (exact) mass is 486 g/mol. The summed E-state index contributed by atoms with van der Waals surface area (Å²) in [4.78, 5) is 4.13. The number of benzene rings is 1. The van der Waals surface area contributed by atoms with Gasteiger partial charge >= 0.3 is 0 Å². The lowest BCUT2D eigenvalue weighted by atomic mass is 9.84. The van der Waals surface area contributed by atoms with Crippen LogP contribution in [0.5, 0.6) is 0 Å². The van der Waals surface area contributed by atoms with Gasteiger partial charge in [0.2, 0.25) is 10.0 Å². The van der Waals surface area contributed by atoms with Gasteiger partial charge in [-0.05, 0) is 24.1 Å². The third-order valence-electron chi connectivity index (χ3n) is 3.54. The number of aliphatic imine (C=N–C) groups is 1. The lowest BCUT2D eigenvalue weighted by Crippen LogP contribution is -2.44. The Labute approximate surface area is 167 Å². The number of hydrogen-bond donors (Lipinski definition) is 3. The van der Waals surface area contributed by atoms with Crippen LogP contribution in [0.1, 0.15) is 25.8 Å². The Morgan fingerprint density at radius 1 is 1.24 bits per heavy atom. The topological polar surface area (TPSA) is 82.6 Å². The Bertz CT molecular complexity index is 666. The van der Waals surface area contributed by atoms with Crippen LogP contribution in [0.15, 0.2) is 29.3 Å². The quantitative estimate of drug-likeness (QED) is 0.227. The molecule has 0 bridgehead atoms. The molecule has 1 aromatic carbocycles. The smallest absolute Gasteiger partial charge is 0.208 e. The van der Waals surface area contributed by atoms with Crippen LogP contribution in [0.3, 0.4) is 0 Å². The van der Waals surface area contributed by atoms with Crippen LogP contribution < -0.4 is 15.4 Å². The lowest BCUT2D eigenvalue weighted by molar-refractivity contribution is 0.503. The van der Waals surface area contributed by atoms with E-state index in [-0.39, 0.29) is 35.2 Å². The predicted molar refractivity (Wildman–Crippen MR) is 112 cm³/mol. The number of hydrogen-bond acceptors (Lipinski definition) is 3. The highest BCUT2D eigenvalue weighted by Gasteiger charge is 2.21. The molecule has 0 heterocycles. The van der Waals surface area contributed by atoms with Crippen LogP contribution in [0.4, 0.5) is 4.39 Å². The molecule has 0 fully saturated rings. The van der Waals surface area contributed by atoms with Gasteiger partial charge < -0.3 is 10.6 Å². The number of halogens is 2. The van der Waals surface area contributed by atoms with Gasteiger partial charge in [-0.25, -0.2) is 17.5 Å². The van der Waals surface area contributed by atoms with Gasteiger partial charge in [-0.2, -0.15) is 0 Å². The van der Waals surface area contributed by atoms with Crippen molar-refractivity contribution in [3.63, 3.8) is 0 Å². The molecule has 25 heavy (non-hydrogen) atoms. The molecule has 0 amide bonds. The van der Waals surface area contributed by atoms with Gasteiger partial charge in [-0.3, -0.25) is 4.99 Å². The van der Waals surface area contributed by atoms with Crippen molar-refractivity contribution in [1.29, 1.82) is 0 Å². The van der Waals surface area contributed by atoms with Gasteiger partial charge in [-0.1, -0.05) is 26.0 Å². The standard InChI is InChI=1S/C16H27FN4O2S.HI/c1-16(2,13-7-5-8-14(17)11-13)12-20-15(18-3)19-9-6-10-21-24(4,22)23;/h5,7-8,11,21H,6,9-10,12H2,1-4H3,(H2,18,19,20);1H. The lowest BCUT2D eigenvalue weighted by Gasteiger charge is -2.26. The van der Waals surface area contributed by atoms with Gasteiger partial charge in [0, 0.05) is 32.1 Å². The number of guanidine groups is 1. The van der Waals surface area contributed by atoms with E-state index < -0.39 is 10.0 Å². The second-order valence-electron chi connectivity index (χ2n) is 6.27. The highest BCUT2D eigenvalue weighted by molar-refractivity contribution is 14.0. The van der Waals surface area contributed by atoms with E-state index in [1.54, 1.807) is 13.1 Å². The van der Waals surface area contributed by atoms with Crippen LogP contribution in [-0.2, 0) is 15.4 Å². The third kappa shape index (κ3) is 9.95. The zero-order valence-corrected chi connectivity index (χ0v) is 18.2. The maximum Gasteiger partial charge on any atom is 0.208 e. The van der Waals surface area contributed by atoms with Crippen LogP contribution in [0.25, 0.3) is 0 Å². The minimum atomic E-state index is -3.15. The van der Waals surface area contributed by atoms with Crippen molar-refractivity contribution in [2.75, 3.05) is 32.9 Å². The van der Waals surface area contributed by atoms with E-state index in [0.29, 0.717) is 32.0 Å². The summed E-state index contributed by atoms with van der Waals surface area (Å²) in [5, 5.41) is 6.33. The third-order valence-corrected chi connectivity index (χ3v) is 4.27. The molecule has 0 aliphatic carbocycles. The average molecular weight is 486 g/mol. The SMILES string of the molecule is CN=C(NCCCNS(C)(=O)=O)NCC(C)(C)c1cccc(F)c1.I. The summed E-state index contributed by atoms with van der Waals surface area (Å²) in [6.07, 6.45) is 1.77. The molecule has 9 heteroatoms. The summed E-state index contributed by atoms with van der Waals surface area (Å²) in [7, 11) is -1.48. The minimum Gasteiger partial charge on any atom is -0.356 e. The van der Waals surface area contributed by atoms with Crippen molar-refractivity contribution in [2.45, 2.75) is 25.7 Å². The molecule has 1 rings (SSSR count). The van der Waals surface area contributed by atoms with Gasteiger partial charge in [-0.15, -0.1) is 24.0 Å². The second-order valence-corrected chi connectivity index (χ2v) is 8.10. The van der Waals surface area contributed by atoms with Crippen LogP contribution in [0, 0.1) is 5.82 Å². The summed E-state index contributed by atoms with van der Waals surface area (Å²) >= 11 is 0. The summed E-state index contributed by atoms with van der Waals surface area (Å²) in [6.45, 7) is 5.59. The van der Waals surface area contributed by atoms with E-state index in [1.165, 1.54) is 12.1 Å². The van der Waals surface area contributed by atoms with Crippen LogP contribution >= 0.6 is 24.0 Å². The molecule has 0 aliphatic heterocycles. The molecule has 0 saturated carbocycles. The van der Waals surface area contributed by atoms with E-state index >= 15 is 0 Å². The van der Waals surface area contributed by atoms with E-state index in [9.17, 15) is 12.8 Å². The molecule has 0 saturated heterocycles. The Balaban J connectivity index is 0.00000576. The van der Waals surface area contributed by atoms with Crippen molar-refractivity contribution in [3.05, 3.63) is 35.6 Å². The fraction of sp³-hybridized carbons (Fsp3) is 0.562. The maximum atomic E-state index is 13.4. The molecule has 1 aromatic rings. The maximum absolute atomic E-state index is 13.4. The Morgan fingerprint density at radius 3 is 2.48 bits per heavy atom. The fourth-order valence-electron chi connectivity index (χ4n) is 2.09. The van der Waals surface area contributed by atoms with E-state index in [2.05, 4.69) is 20.3 Å². The van der Waals surface area contributed by atoms with Crippen molar-refractivity contribution in [3.8, 4) is 0 Å². The van der Waals surface area contributed by atoms with Crippen molar-refractivity contribution < 1.29 is 12.8 Å². The highest BCUT2D eigenvalue weighted by Crippen LogP contribution is 2.22. The van der Waals surface area contributed by atoms with Crippen molar-refractivity contribution in [1.82, 2.24) is 15.4 Å². The molecule has 0 radical (unpaired) electrons. The first-order valence-electron chi connectivity index (χ1n) is 7.79. The van der Waals surface area contributed by atoms with E-state index in [0.717, 1.165) is 11.8 Å². The van der Waals surface area contributed by atoms with E-state index in [4.69, 9.17) is 0 Å². The first kappa shape index (κ1) is 24.1. The normalized spacial score (nSPS) is 12.4. The molecule has 0 spiro atoms. The van der Waals surface area contributed by atoms with Crippen LogP contribution in [-0.4, -0.2) is 47.3 Å². The summed E-state index contributed by atoms with van der Waals surface area (Å²) < 4.78 is 37.7. The Kier molecular flexibility index (Phi) is 10.5. The summed E-state index contributed by atoms with van der Waals surface area (Å²) in [5.41, 5.74) is 0.639. The van der Waals surface area contributed by atoms with Gasteiger partial charge in [0.25, 0.3) is 0 Å². The van der Waals surface area contributed by atoms with Crippen molar-refractivity contribution in [2.24, 2.45) is 4.99 Å². The molecule has 0 aromatic heterocycles. The van der Waals surface area contributed by atoms with Crippen LogP contribution in [0.2, 0.25) is 0 Å². The summed E-state index contributed by atoms with van der Waals surface area (Å²) in [5.74, 6) is 0.375. The second kappa shape index (κ2) is 10.9. The molecular weight excluding hydrogens is 458 g/mol. The van der Waals surface area contributed by atoms with Gasteiger partial charge in [0.15, 0.2) is 5.96 Å². The molecule has 0 unspecified atom stereocenters. The Hall–Kier alpha value is -0.940.